The summed E-state index contributed by atoms with van der Waals surface area (Å²) in [7, 11) is 0. The zero-order valence-electron chi connectivity index (χ0n) is 19.0. The van der Waals surface area contributed by atoms with Gasteiger partial charge in [-0.2, -0.15) is 0 Å². The molecule has 0 amide bonds. The van der Waals surface area contributed by atoms with Gasteiger partial charge >= 0.3 is 5.97 Å². The van der Waals surface area contributed by atoms with Gasteiger partial charge in [-0.25, -0.2) is 0 Å². The monoisotopic (exact) mass is 460 g/mol. The molecule has 4 rings (SSSR count). The molecule has 3 aromatic carbocycles. The predicted molar refractivity (Wildman–Crippen MR) is 137 cm³/mol. The van der Waals surface area contributed by atoms with Crippen LogP contribution in [0.5, 0.6) is 0 Å². The first-order chi connectivity index (χ1) is 16.2. The quantitative estimate of drug-likeness (QED) is 0.348. The molecular weight excluding hydrogens is 428 g/mol. The molecule has 0 aliphatic carbocycles. The summed E-state index contributed by atoms with van der Waals surface area (Å²) in [6.45, 7) is 4.75. The van der Waals surface area contributed by atoms with Crippen molar-refractivity contribution in [2.24, 2.45) is 0 Å². The number of carboxylic acid groups (broad SMARTS) is 1. The molecule has 0 unspecified atom stereocenters. The van der Waals surface area contributed by atoms with Crippen molar-refractivity contribution in [1.82, 2.24) is 9.80 Å². The van der Waals surface area contributed by atoms with Gasteiger partial charge in [-0.15, -0.1) is 11.8 Å². The Morgan fingerprint density at radius 2 is 1.15 bits per heavy atom. The highest BCUT2D eigenvalue weighted by molar-refractivity contribution is 8.00. The molecule has 0 spiro atoms. The van der Waals surface area contributed by atoms with Crippen molar-refractivity contribution in [1.29, 1.82) is 0 Å². The maximum absolute atomic E-state index is 10.9. The van der Waals surface area contributed by atoms with Crippen LogP contribution in [-0.4, -0.2) is 65.9 Å². The molecule has 0 aromatic heterocycles. The summed E-state index contributed by atoms with van der Waals surface area (Å²) in [5.74, 6) is 0.299. The van der Waals surface area contributed by atoms with Crippen molar-refractivity contribution in [2.45, 2.75) is 11.2 Å². The van der Waals surface area contributed by atoms with E-state index >= 15 is 0 Å². The molecule has 1 heterocycles. The largest absolute Gasteiger partial charge is 0.480 e. The summed E-state index contributed by atoms with van der Waals surface area (Å²) in [5, 5.41) is 9.01. The zero-order valence-corrected chi connectivity index (χ0v) is 19.8. The van der Waals surface area contributed by atoms with Gasteiger partial charge in [-0.05, 0) is 35.4 Å². The van der Waals surface area contributed by atoms with Gasteiger partial charge in [0.1, 0.15) is 0 Å². The number of rotatable bonds is 10. The Balaban J connectivity index is 1.49. The van der Waals surface area contributed by atoms with E-state index < -0.39 is 5.97 Å². The molecule has 1 N–H and O–H groups in total. The molecule has 0 saturated carbocycles. The topological polar surface area (TPSA) is 43.8 Å². The molecule has 1 fully saturated rings. The third kappa shape index (κ3) is 5.85. The minimum atomic E-state index is -0.737. The highest BCUT2D eigenvalue weighted by Gasteiger charge is 2.36. The van der Waals surface area contributed by atoms with Crippen LogP contribution in [0.3, 0.4) is 0 Å². The fourth-order valence-electron chi connectivity index (χ4n) is 4.64. The number of benzene rings is 3. The first-order valence-corrected chi connectivity index (χ1v) is 12.6. The summed E-state index contributed by atoms with van der Waals surface area (Å²) < 4.78 is -0.260. The number of carboxylic acids is 1. The van der Waals surface area contributed by atoms with Crippen molar-refractivity contribution < 1.29 is 9.90 Å². The third-order valence-corrected chi connectivity index (χ3v) is 7.93. The van der Waals surface area contributed by atoms with E-state index in [9.17, 15) is 4.79 Å². The smallest absolute Gasteiger partial charge is 0.317 e. The van der Waals surface area contributed by atoms with Crippen LogP contribution in [0.25, 0.3) is 0 Å². The van der Waals surface area contributed by atoms with E-state index in [-0.39, 0.29) is 11.3 Å². The van der Waals surface area contributed by atoms with Gasteiger partial charge in [-0.3, -0.25) is 9.69 Å². The van der Waals surface area contributed by atoms with E-state index in [0.29, 0.717) is 0 Å². The lowest BCUT2D eigenvalue weighted by Gasteiger charge is -2.36. The summed E-state index contributed by atoms with van der Waals surface area (Å²) in [5.41, 5.74) is 3.90. The van der Waals surface area contributed by atoms with E-state index in [1.165, 1.54) is 16.7 Å². The highest BCUT2D eigenvalue weighted by atomic mass is 32.2. The zero-order chi connectivity index (χ0) is 22.9. The van der Waals surface area contributed by atoms with Crippen molar-refractivity contribution in [2.75, 3.05) is 45.0 Å². The molecule has 1 aliphatic heterocycles. The molecule has 1 aliphatic rings. The third-order valence-electron chi connectivity index (χ3n) is 6.30. The van der Waals surface area contributed by atoms with Crippen molar-refractivity contribution in [3.63, 3.8) is 0 Å². The Morgan fingerprint density at radius 3 is 1.58 bits per heavy atom. The molecule has 5 heteroatoms. The maximum Gasteiger partial charge on any atom is 0.317 e. The Labute approximate surface area is 201 Å². The summed E-state index contributed by atoms with van der Waals surface area (Å²) in [6.07, 6.45) is 1.10. The number of hydrogen-bond acceptors (Lipinski definition) is 4. The van der Waals surface area contributed by atoms with Crippen LogP contribution in [0.1, 0.15) is 23.1 Å². The van der Waals surface area contributed by atoms with E-state index in [4.69, 9.17) is 5.11 Å². The number of nitrogens with zero attached hydrogens (tertiary/aromatic N) is 2. The highest BCUT2D eigenvalue weighted by Crippen LogP contribution is 2.48. The van der Waals surface area contributed by atoms with E-state index in [0.717, 1.165) is 44.9 Å². The van der Waals surface area contributed by atoms with Crippen LogP contribution in [0.4, 0.5) is 0 Å². The first-order valence-electron chi connectivity index (χ1n) is 11.7. The standard InChI is InChI=1S/C28H32N2O2S/c31-27(32)23-30-20-18-29(19-21-30)17-10-22-33-28(24-11-4-1-5-12-24,25-13-6-2-7-14-25)26-15-8-3-9-16-26/h1-9,11-16H,10,17-23H2,(H,31,32). The average Bonchev–Trinajstić information content (AvgIpc) is 2.87. The minimum Gasteiger partial charge on any atom is -0.480 e. The predicted octanol–water partition coefficient (Wildman–Crippen LogP) is 4.80. The number of hydrogen-bond donors (Lipinski definition) is 1. The summed E-state index contributed by atoms with van der Waals surface area (Å²) in [4.78, 5) is 15.4. The Morgan fingerprint density at radius 1 is 0.727 bits per heavy atom. The van der Waals surface area contributed by atoms with Crippen molar-refractivity contribution >= 4 is 17.7 Å². The van der Waals surface area contributed by atoms with Gasteiger partial charge in [-0.1, -0.05) is 91.0 Å². The molecule has 1 saturated heterocycles. The van der Waals surface area contributed by atoms with Gasteiger partial charge in [0.2, 0.25) is 0 Å². The lowest BCUT2D eigenvalue weighted by molar-refractivity contribution is -0.138. The lowest BCUT2D eigenvalue weighted by atomic mass is 9.84. The van der Waals surface area contributed by atoms with Crippen LogP contribution in [-0.2, 0) is 9.54 Å². The number of piperazine rings is 1. The second-order valence-corrected chi connectivity index (χ2v) is 9.80. The van der Waals surface area contributed by atoms with Crippen LogP contribution in [0.15, 0.2) is 91.0 Å². The number of thioether (sulfide) groups is 1. The van der Waals surface area contributed by atoms with Gasteiger partial charge in [0.15, 0.2) is 0 Å². The Bertz CT molecular complexity index is 894. The summed E-state index contributed by atoms with van der Waals surface area (Å²) >= 11 is 2.01. The van der Waals surface area contributed by atoms with Crippen molar-refractivity contribution in [3.8, 4) is 0 Å². The molecule has 0 radical (unpaired) electrons. The fraction of sp³-hybridized carbons (Fsp3) is 0.321. The van der Waals surface area contributed by atoms with E-state index in [2.05, 4.69) is 95.9 Å². The van der Waals surface area contributed by atoms with Crippen LogP contribution >= 0.6 is 11.8 Å². The minimum absolute atomic E-state index is 0.150. The molecule has 0 atom stereocenters. The normalized spacial score (nSPS) is 15.4. The molecule has 3 aromatic rings. The second kappa shape index (κ2) is 11.5. The van der Waals surface area contributed by atoms with Gasteiger partial charge in [0, 0.05) is 26.2 Å². The van der Waals surface area contributed by atoms with E-state index in [1.807, 2.05) is 16.7 Å². The molecule has 0 bridgehead atoms. The second-order valence-electron chi connectivity index (χ2n) is 8.49. The van der Waals surface area contributed by atoms with Crippen LogP contribution in [0, 0.1) is 0 Å². The fourth-order valence-corrected chi connectivity index (χ4v) is 6.13. The number of aliphatic carboxylic acids is 1. The van der Waals surface area contributed by atoms with Gasteiger partial charge in [0.25, 0.3) is 0 Å². The first kappa shape index (κ1) is 23.6. The average molecular weight is 461 g/mol. The van der Waals surface area contributed by atoms with E-state index in [1.54, 1.807) is 0 Å². The SMILES string of the molecule is O=C(O)CN1CCN(CCCSC(c2ccccc2)(c2ccccc2)c2ccccc2)CC1. The number of carbonyl (C=O) groups is 1. The van der Waals surface area contributed by atoms with Gasteiger partial charge in [0.05, 0.1) is 11.3 Å². The van der Waals surface area contributed by atoms with Crippen molar-refractivity contribution in [3.05, 3.63) is 108 Å². The maximum atomic E-state index is 10.9. The molecule has 4 nitrogen and oxygen atoms in total. The lowest BCUT2D eigenvalue weighted by Crippen LogP contribution is -2.48. The molecule has 172 valence electrons. The summed E-state index contributed by atoms with van der Waals surface area (Å²) in [6, 6.07) is 32.5. The Kier molecular flexibility index (Phi) is 8.21. The molecular formula is C28H32N2O2S. The Hall–Kier alpha value is -2.60. The van der Waals surface area contributed by atoms with Gasteiger partial charge < -0.3 is 10.0 Å². The molecule has 33 heavy (non-hydrogen) atoms. The van der Waals surface area contributed by atoms with Crippen LogP contribution < -0.4 is 0 Å². The van der Waals surface area contributed by atoms with Crippen LogP contribution in [0.2, 0.25) is 0 Å².